The number of hydrogen-bond donors (Lipinski definition) is 0. The molecular formula is C24H23F2N7O3. The Hall–Kier alpha value is -4.35. The average Bonchev–Trinajstić information content (AvgIpc) is 3.54. The SMILES string of the molecule is CC(=O)N1CCN(C(=O)N(Cc2cn3ccc(-c4nnc(C(F)F)o4)cc3n2)c2ccccc2)CC1. The number of fused-ring (bicyclic) bond motifs is 1. The number of nitrogens with zero attached hydrogens (tertiary/aromatic N) is 7. The van der Waals surface area contributed by atoms with Crippen LogP contribution in [0.5, 0.6) is 0 Å². The molecule has 5 rings (SSSR count). The van der Waals surface area contributed by atoms with Crippen LogP contribution in [0.2, 0.25) is 0 Å². The first-order chi connectivity index (χ1) is 17.4. The number of hydrogen-bond acceptors (Lipinski definition) is 6. The first kappa shape index (κ1) is 23.4. The number of aromatic nitrogens is 4. The van der Waals surface area contributed by atoms with Gasteiger partial charge in [0, 0.05) is 56.7 Å². The number of pyridine rings is 1. The van der Waals surface area contributed by atoms with E-state index in [1.54, 1.807) is 43.6 Å². The summed E-state index contributed by atoms with van der Waals surface area (Å²) in [4.78, 5) is 34.9. The van der Waals surface area contributed by atoms with Gasteiger partial charge in [0.15, 0.2) is 0 Å². The second-order valence-electron chi connectivity index (χ2n) is 8.36. The van der Waals surface area contributed by atoms with Crippen LogP contribution in [0.25, 0.3) is 17.1 Å². The van der Waals surface area contributed by atoms with Gasteiger partial charge in [0.1, 0.15) is 5.65 Å². The van der Waals surface area contributed by atoms with Crippen LogP contribution in [0.3, 0.4) is 0 Å². The second-order valence-corrected chi connectivity index (χ2v) is 8.36. The zero-order valence-electron chi connectivity index (χ0n) is 19.4. The summed E-state index contributed by atoms with van der Waals surface area (Å²) < 4.78 is 32.4. The molecule has 0 unspecified atom stereocenters. The first-order valence-corrected chi connectivity index (χ1v) is 11.4. The fourth-order valence-corrected chi connectivity index (χ4v) is 4.11. The van der Waals surface area contributed by atoms with Crippen LogP contribution in [0.4, 0.5) is 19.3 Å². The maximum absolute atomic E-state index is 13.5. The molecule has 1 aromatic carbocycles. The van der Waals surface area contributed by atoms with Gasteiger partial charge in [-0.1, -0.05) is 18.2 Å². The summed E-state index contributed by atoms with van der Waals surface area (Å²) in [6, 6.07) is 12.4. The Morgan fingerprint density at radius 1 is 1.06 bits per heavy atom. The van der Waals surface area contributed by atoms with Crippen LogP contribution >= 0.6 is 0 Å². The molecule has 3 aromatic heterocycles. The number of carbonyl (C=O) groups excluding carboxylic acids is 2. The third kappa shape index (κ3) is 4.74. The summed E-state index contributed by atoms with van der Waals surface area (Å²) in [7, 11) is 0. The molecule has 3 amide bonds. The number of benzene rings is 1. The highest BCUT2D eigenvalue weighted by atomic mass is 19.3. The van der Waals surface area contributed by atoms with Crippen molar-refractivity contribution in [3.63, 3.8) is 0 Å². The van der Waals surface area contributed by atoms with E-state index in [1.807, 2.05) is 30.3 Å². The highest BCUT2D eigenvalue weighted by molar-refractivity contribution is 5.92. The van der Waals surface area contributed by atoms with E-state index in [-0.39, 0.29) is 24.4 Å². The van der Waals surface area contributed by atoms with Gasteiger partial charge in [-0.25, -0.2) is 9.78 Å². The van der Waals surface area contributed by atoms with Crippen molar-refractivity contribution in [3.05, 3.63) is 66.4 Å². The van der Waals surface area contributed by atoms with Gasteiger partial charge in [0.25, 0.3) is 5.89 Å². The molecule has 0 aliphatic carbocycles. The maximum atomic E-state index is 13.5. The maximum Gasteiger partial charge on any atom is 0.324 e. The molecule has 1 aliphatic rings. The molecule has 4 aromatic rings. The van der Waals surface area contributed by atoms with Gasteiger partial charge in [0.2, 0.25) is 11.8 Å². The van der Waals surface area contributed by atoms with Gasteiger partial charge < -0.3 is 18.6 Å². The van der Waals surface area contributed by atoms with Gasteiger partial charge in [-0.05, 0) is 24.3 Å². The van der Waals surface area contributed by atoms with E-state index in [2.05, 4.69) is 15.2 Å². The lowest BCUT2D eigenvalue weighted by molar-refractivity contribution is -0.130. The summed E-state index contributed by atoms with van der Waals surface area (Å²) in [6.45, 7) is 3.61. The molecule has 12 heteroatoms. The van der Waals surface area contributed by atoms with Crippen LogP contribution in [-0.4, -0.2) is 67.5 Å². The minimum Gasteiger partial charge on any atom is -0.415 e. The average molecular weight is 495 g/mol. The van der Waals surface area contributed by atoms with Crippen molar-refractivity contribution < 1.29 is 22.8 Å². The molecule has 0 spiro atoms. The number of anilines is 1. The van der Waals surface area contributed by atoms with Crippen LogP contribution in [0, 0.1) is 0 Å². The quantitative estimate of drug-likeness (QED) is 0.419. The van der Waals surface area contributed by atoms with Crippen molar-refractivity contribution in [2.24, 2.45) is 0 Å². The molecule has 0 atom stereocenters. The Bertz CT molecular complexity index is 1380. The predicted octanol–water partition coefficient (Wildman–Crippen LogP) is 3.61. The molecule has 1 fully saturated rings. The molecule has 1 saturated heterocycles. The first-order valence-electron chi connectivity index (χ1n) is 11.4. The highest BCUT2D eigenvalue weighted by Gasteiger charge is 2.28. The van der Waals surface area contributed by atoms with E-state index < -0.39 is 12.3 Å². The Morgan fingerprint density at radius 2 is 1.78 bits per heavy atom. The minimum absolute atomic E-state index is 0.00274. The number of carbonyl (C=O) groups is 2. The fraction of sp³-hybridized carbons (Fsp3) is 0.292. The number of amides is 3. The smallest absolute Gasteiger partial charge is 0.324 e. The zero-order chi connectivity index (χ0) is 25.2. The lowest BCUT2D eigenvalue weighted by Crippen LogP contribution is -2.53. The monoisotopic (exact) mass is 495 g/mol. The number of imidazole rings is 1. The molecular weight excluding hydrogens is 472 g/mol. The molecule has 10 nitrogen and oxygen atoms in total. The van der Waals surface area contributed by atoms with Crippen LogP contribution in [0.1, 0.15) is 24.9 Å². The highest BCUT2D eigenvalue weighted by Crippen LogP contribution is 2.25. The van der Waals surface area contributed by atoms with Crippen molar-refractivity contribution in [1.82, 2.24) is 29.4 Å². The third-order valence-electron chi connectivity index (χ3n) is 6.00. The molecule has 0 radical (unpaired) electrons. The fourth-order valence-electron chi connectivity index (χ4n) is 4.11. The van der Waals surface area contributed by atoms with Gasteiger partial charge in [-0.15, -0.1) is 10.2 Å². The molecule has 186 valence electrons. The molecule has 0 bridgehead atoms. The Morgan fingerprint density at radius 3 is 2.44 bits per heavy atom. The minimum atomic E-state index is -2.85. The predicted molar refractivity (Wildman–Crippen MR) is 125 cm³/mol. The summed E-state index contributed by atoms with van der Waals surface area (Å²) >= 11 is 0. The van der Waals surface area contributed by atoms with E-state index in [1.165, 1.54) is 6.92 Å². The molecule has 0 N–H and O–H groups in total. The van der Waals surface area contributed by atoms with Crippen molar-refractivity contribution in [3.8, 4) is 11.5 Å². The number of para-hydroxylation sites is 1. The van der Waals surface area contributed by atoms with E-state index in [4.69, 9.17) is 4.42 Å². The van der Waals surface area contributed by atoms with Crippen molar-refractivity contribution in [1.29, 1.82) is 0 Å². The van der Waals surface area contributed by atoms with Crippen molar-refractivity contribution in [2.75, 3.05) is 31.1 Å². The summed E-state index contributed by atoms with van der Waals surface area (Å²) in [5.41, 5.74) is 2.35. The van der Waals surface area contributed by atoms with Gasteiger partial charge in [-0.2, -0.15) is 8.78 Å². The van der Waals surface area contributed by atoms with Crippen LogP contribution in [0.15, 0.2) is 59.3 Å². The number of halogens is 2. The standard InChI is InChI=1S/C24H23F2N7O3/c1-16(34)30-9-11-31(12-10-30)24(35)33(19-5-3-2-4-6-19)15-18-14-32-8-7-17(13-20(32)27-18)22-28-29-23(36-22)21(25)26/h2-8,13-14,21H,9-12,15H2,1H3. The topological polar surface area (TPSA) is 100 Å². The lowest BCUT2D eigenvalue weighted by atomic mass is 10.2. The van der Waals surface area contributed by atoms with Gasteiger partial charge in [-0.3, -0.25) is 9.69 Å². The summed E-state index contributed by atoms with van der Waals surface area (Å²) in [5.74, 6) is -0.768. The molecule has 1 aliphatic heterocycles. The number of rotatable bonds is 5. The van der Waals surface area contributed by atoms with Crippen molar-refractivity contribution in [2.45, 2.75) is 19.9 Å². The Balaban J connectivity index is 1.39. The number of urea groups is 1. The third-order valence-corrected chi connectivity index (χ3v) is 6.00. The summed E-state index contributed by atoms with van der Waals surface area (Å²) in [6.07, 6.45) is 0.664. The zero-order valence-corrected chi connectivity index (χ0v) is 19.4. The number of alkyl halides is 2. The lowest BCUT2D eigenvalue weighted by Gasteiger charge is -2.37. The normalized spacial score (nSPS) is 14.0. The largest absolute Gasteiger partial charge is 0.415 e. The Kier molecular flexibility index (Phi) is 6.32. The van der Waals surface area contributed by atoms with E-state index >= 15 is 0 Å². The van der Waals surface area contributed by atoms with E-state index in [9.17, 15) is 18.4 Å². The summed E-state index contributed by atoms with van der Waals surface area (Å²) in [5, 5.41) is 7.05. The van der Waals surface area contributed by atoms with Crippen molar-refractivity contribution >= 4 is 23.3 Å². The molecule has 4 heterocycles. The van der Waals surface area contributed by atoms with E-state index in [0.29, 0.717) is 43.1 Å². The van der Waals surface area contributed by atoms with Crippen LogP contribution in [-0.2, 0) is 11.3 Å². The Labute approximate surface area is 204 Å². The van der Waals surface area contributed by atoms with E-state index in [0.717, 1.165) is 5.69 Å². The van der Waals surface area contributed by atoms with Gasteiger partial charge >= 0.3 is 12.5 Å². The second kappa shape index (κ2) is 9.72. The van der Waals surface area contributed by atoms with Crippen LogP contribution < -0.4 is 4.90 Å². The van der Waals surface area contributed by atoms with Gasteiger partial charge in [0.05, 0.1) is 12.2 Å². The molecule has 36 heavy (non-hydrogen) atoms. The number of piperazine rings is 1. The molecule has 0 saturated carbocycles.